The summed E-state index contributed by atoms with van der Waals surface area (Å²) in [6.45, 7) is -0.760. The third-order valence-electron chi connectivity index (χ3n) is 1.42. The van der Waals surface area contributed by atoms with Crippen molar-refractivity contribution in [2.45, 2.75) is 24.4 Å². The van der Waals surface area contributed by atoms with Crippen LogP contribution in [0.25, 0.3) is 0 Å². The fraction of sp³-hybridized carbons (Fsp3) is 0.833. The van der Waals surface area contributed by atoms with E-state index in [2.05, 4.69) is 0 Å². The van der Waals surface area contributed by atoms with Gasteiger partial charge in [-0.05, 0) is 0 Å². The van der Waals surface area contributed by atoms with Crippen LogP contribution < -0.4 is 0 Å². The topological polar surface area (TPSA) is 118 Å². The van der Waals surface area contributed by atoms with Crippen molar-refractivity contribution in [3.63, 3.8) is 0 Å². The van der Waals surface area contributed by atoms with Crippen molar-refractivity contribution in [3.8, 4) is 0 Å². The van der Waals surface area contributed by atoms with E-state index in [0.29, 0.717) is 0 Å². The van der Waals surface area contributed by atoms with Crippen LogP contribution in [0.2, 0.25) is 0 Å². The van der Waals surface area contributed by atoms with Crippen LogP contribution in [0.3, 0.4) is 0 Å². The van der Waals surface area contributed by atoms with Gasteiger partial charge in [0.1, 0.15) is 24.4 Å². The van der Waals surface area contributed by atoms with Crippen molar-refractivity contribution >= 4 is 6.29 Å². The maximum Gasteiger partial charge on any atom is 0.151 e. The minimum atomic E-state index is -1.79. The second kappa shape index (κ2) is 7.49. The molecule has 0 aliphatic carbocycles. The molecule has 0 aliphatic rings. The van der Waals surface area contributed by atoms with E-state index in [4.69, 9.17) is 25.5 Å². The van der Waals surface area contributed by atoms with Gasteiger partial charge in [-0.1, -0.05) is 0 Å². The van der Waals surface area contributed by atoms with E-state index in [1.165, 1.54) is 0 Å². The molecule has 5 N–H and O–H groups in total. The van der Waals surface area contributed by atoms with Gasteiger partial charge in [-0.25, -0.2) is 0 Å². The van der Waals surface area contributed by atoms with Gasteiger partial charge in [-0.2, -0.15) is 0 Å². The zero-order chi connectivity index (χ0) is 9.72. The molecule has 0 bridgehead atoms. The predicted molar refractivity (Wildman–Crippen MR) is 37.2 cm³/mol. The smallest absolute Gasteiger partial charge is 0.151 e. The second-order valence-corrected chi connectivity index (χ2v) is 2.36. The van der Waals surface area contributed by atoms with Gasteiger partial charge in [0.25, 0.3) is 0 Å². The Labute approximate surface area is 87.6 Å². The molecule has 7 heteroatoms. The van der Waals surface area contributed by atoms with Gasteiger partial charge >= 0.3 is 0 Å². The number of carbonyl (C=O) groups excluding carboxylic acids is 1. The molecule has 0 radical (unpaired) electrons. The number of aldehydes is 1. The van der Waals surface area contributed by atoms with Crippen LogP contribution in [0.1, 0.15) is 0 Å². The summed E-state index contributed by atoms with van der Waals surface area (Å²) in [5.41, 5.74) is 0. The van der Waals surface area contributed by atoms with Crippen LogP contribution in [-0.2, 0) is 24.3 Å². The van der Waals surface area contributed by atoms with Crippen LogP contribution in [-0.4, -0.2) is 62.8 Å². The normalized spacial score (nSPS) is 19.5. The van der Waals surface area contributed by atoms with Gasteiger partial charge in [-0.15, -0.1) is 0 Å². The van der Waals surface area contributed by atoms with Crippen molar-refractivity contribution in [1.82, 2.24) is 0 Å². The average molecular weight is 281 g/mol. The zero-order valence-corrected chi connectivity index (χ0v) is 8.33. The molecule has 0 spiro atoms. The molecule has 0 aromatic carbocycles. The summed E-state index contributed by atoms with van der Waals surface area (Å²) >= 11 is 0. The van der Waals surface area contributed by atoms with E-state index in [0.717, 1.165) is 0 Å². The molecule has 0 aliphatic heterocycles. The van der Waals surface area contributed by atoms with Gasteiger partial charge in [0.2, 0.25) is 0 Å². The van der Waals surface area contributed by atoms with Crippen molar-refractivity contribution < 1.29 is 49.8 Å². The molecule has 0 heterocycles. The Morgan fingerprint density at radius 1 is 1.08 bits per heavy atom. The minimum Gasteiger partial charge on any atom is -0.394 e. The van der Waals surface area contributed by atoms with E-state index in [1.54, 1.807) is 0 Å². The Hall–Kier alpha value is 0.0934. The molecular formula is C6H12O6Ru. The molecule has 0 saturated carbocycles. The first-order chi connectivity index (χ1) is 5.54. The number of carbonyl (C=O) groups is 1. The molecular weight excluding hydrogens is 269 g/mol. The summed E-state index contributed by atoms with van der Waals surface area (Å²) in [5, 5.41) is 43.5. The SMILES string of the molecule is O=CC(O)C(O)C(O)C(O)CO.[Ru]. The number of aliphatic hydroxyl groups is 5. The number of rotatable bonds is 5. The van der Waals surface area contributed by atoms with E-state index in [1.807, 2.05) is 0 Å². The van der Waals surface area contributed by atoms with Gasteiger partial charge in [-0.3, -0.25) is 0 Å². The van der Waals surface area contributed by atoms with Gasteiger partial charge < -0.3 is 30.3 Å². The third-order valence-corrected chi connectivity index (χ3v) is 1.42. The second-order valence-electron chi connectivity index (χ2n) is 2.36. The maximum atomic E-state index is 9.90. The van der Waals surface area contributed by atoms with E-state index < -0.39 is 31.0 Å². The van der Waals surface area contributed by atoms with Crippen molar-refractivity contribution in [1.29, 1.82) is 0 Å². The molecule has 0 fully saturated rings. The monoisotopic (exact) mass is 282 g/mol. The summed E-state index contributed by atoms with van der Waals surface area (Å²) in [6, 6.07) is 0. The summed E-state index contributed by atoms with van der Waals surface area (Å²) in [5.74, 6) is 0. The van der Waals surface area contributed by atoms with E-state index in [9.17, 15) is 4.79 Å². The summed E-state index contributed by atoms with van der Waals surface area (Å²) in [6.07, 6.45) is -6.84. The molecule has 13 heavy (non-hydrogen) atoms. The Morgan fingerprint density at radius 2 is 1.54 bits per heavy atom. The Kier molecular flexibility index (Phi) is 8.97. The van der Waals surface area contributed by atoms with Gasteiger partial charge in [0, 0.05) is 19.5 Å². The molecule has 0 amide bonds. The molecule has 4 atom stereocenters. The van der Waals surface area contributed by atoms with Crippen LogP contribution in [0.5, 0.6) is 0 Å². The van der Waals surface area contributed by atoms with Crippen molar-refractivity contribution in [2.24, 2.45) is 0 Å². The summed E-state index contributed by atoms with van der Waals surface area (Å²) in [7, 11) is 0. The first kappa shape index (κ1) is 15.6. The molecule has 0 aromatic rings. The zero-order valence-electron chi connectivity index (χ0n) is 6.59. The Morgan fingerprint density at radius 3 is 1.85 bits per heavy atom. The molecule has 0 rings (SSSR count). The molecule has 4 unspecified atom stereocenters. The van der Waals surface area contributed by atoms with E-state index >= 15 is 0 Å². The molecule has 0 saturated heterocycles. The predicted octanol–water partition coefficient (Wildman–Crippen LogP) is -3.38. The van der Waals surface area contributed by atoms with Crippen molar-refractivity contribution in [2.75, 3.05) is 6.61 Å². The first-order valence-corrected chi connectivity index (χ1v) is 3.33. The number of hydrogen-bond donors (Lipinski definition) is 5. The summed E-state index contributed by atoms with van der Waals surface area (Å²) < 4.78 is 0. The van der Waals surface area contributed by atoms with Gasteiger partial charge in [0.15, 0.2) is 6.29 Å². The van der Waals surface area contributed by atoms with Gasteiger partial charge in [0.05, 0.1) is 6.61 Å². The Bertz CT molecular complexity index is 143. The van der Waals surface area contributed by atoms with Crippen molar-refractivity contribution in [3.05, 3.63) is 0 Å². The van der Waals surface area contributed by atoms with Crippen LogP contribution in [0.15, 0.2) is 0 Å². The Balaban J connectivity index is 0. The fourth-order valence-corrected chi connectivity index (χ4v) is 0.618. The van der Waals surface area contributed by atoms with Crippen LogP contribution >= 0.6 is 0 Å². The standard InChI is InChI=1S/C6H12O6.Ru/c7-1-3(9)5(11)6(12)4(10)2-8;/h1,3-6,8-12H,2H2;. The summed E-state index contributed by atoms with van der Waals surface area (Å²) in [4.78, 5) is 9.90. The molecule has 6 nitrogen and oxygen atoms in total. The maximum absolute atomic E-state index is 9.90. The third kappa shape index (κ3) is 4.76. The number of aliphatic hydroxyl groups excluding tert-OH is 5. The average Bonchev–Trinajstić information content (AvgIpc) is 2.12. The molecule has 0 aromatic heterocycles. The first-order valence-electron chi connectivity index (χ1n) is 3.33. The molecule has 80 valence electrons. The largest absolute Gasteiger partial charge is 0.394 e. The fourth-order valence-electron chi connectivity index (χ4n) is 0.618. The van der Waals surface area contributed by atoms with Crippen LogP contribution in [0, 0.1) is 0 Å². The minimum absolute atomic E-state index is 0. The van der Waals surface area contributed by atoms with E-state index in [-0.39, 0.29) is 25.8 Å². The quantitative estimate of drug-likeness (QED) is 0.265. The number of hydrogen-bond acceptors (Lipinski definition) is 6. The van der Waals surface area contributed by atoms with Crippen LogP contribution in [0.4, 0.5) is 0 Å².